The van der Waals surface area contributed by atoms with Gasteiger partial charge in [-0.05, 0) is 41.5 Å². The SMILES string of the molecule is CCCCCCC1=C(c2ccccc2)CC(c2ccccc2)C1=O. The first kappa shape index (κ1) is 16.7. The van der Waals surface area contributed by atoms with E-state index < -0.39 is 0 Å². The number of rotatable bonds is 7. The van der Waals surface area contributed by atoms with E-state index in [-0.39, 0.29) is 5.92 Å². The molecule has 1 nitrogen and oxygen atoms in total. The van der Waals surface area contributed by atoms with Gasteiger partial charge in [0.15, 0.2) is 5.78 Å². The van der Waals surface area contributed by atoms with Crippen LogP contribution in [0.25, 0.3) is 5.57 Å². The molecule has 0 saturated heterocycles. The maximum Gasteiger partial charge on any atom is 0.166 e. The van der Waals surface area contributed by atoms with Gasteiger partial charge < -0.3 is 0 Å². The molecular weight excluding hydrogens is 292 g/mol. The predicted octanol–water partition coefficient (Wildman–Crippen LogP) is 6.17. The van der Waals surface area contributed by atoms with Crippen LogP contribution >= 0.6 is 0 Å². The maximum absolute atomic E-state index is 13.1. The molecule has 0 aromatic heterocycles. The first-order chi connectivity index (χ1) is 11.8. The fraction of sp³-hybridized carbons (Fsp3) is 0.348. The Bertz CT molecular complexity index is 697. The molecule has 1 aliphatic rings. The van der Waals surface area contributed by atoms with E-state index in [1.165, 1.54) is 30.4 Å². The van der Waals surface area contributed by atoms with Crippen LogP contribution in [0.5, 0.6) is 0 Å². The van der Waals surface area contributed by atoms with Crippen LogP contribution in [0.4, 0.5) is 0 Å². The Hall–Kier alpha value is -2.15. The highest BCUT2D eigenvalue weighted by atomic mass is 16.1. The van der Waals surface area contributed by atoms with Crippen molar-refractivity contribution in [1.29, 1.82) is 0 Å². The van der Waals surface area contributed by atoms with E-state index >= 15 is 0 Å². The number of allylic oxidation sites excluding steroid dienone is 2. The van der Waals surface area contributed by atoms with Crippen molar-refractivity contribution in [2.45, 2.75) is 51.4 Å². The Labute approximate surface area is 145 Å². The molecule has 2 aromatic rings. The Morgan fingerprint density at radius 2 is 1.54 bits per heavy atom. The topological polar surface area (TPSA) is 17.1 Å². The van der Waals surface area contributed by atoms with Crippen LogP contribution in [0.2, 0.25) is 0 Å². The van der Waals surface area contributed by atoms with Crippen molar-refractivity contribution < 1.29 is 4.79 Å². The Balaban J connectivity index is 1.86. The molecule has 1 heteroatoms. The summed E-state index contributed by atoms with van der Waals surface area (Å²) in [5, 5.41) is 0. The molecule has 0 radical (unpaired) electrons. The zero-order valence-electron chi connectivity index (χ0n) is 14.5. The molecule has 0 N–H and O–H groups in total. The number of ketones is 1. The molecule has 0 fully saturated rings. The summed E-state index contributed by atoms with van der Waals surface area (Å²) < 4.78 is 0. The van der Waals surface area contributed by atoms with Crippen LogP contribution in [-0.2, 0) is 4.79 Å². The molecule has 24 heavy (non-hydrogen) atoms. The summed E-state index contributed by atoms with van der Waals surface area (Å²) in [6, 6.07) is 20.7. The third-order valence-electron chi connectivity index (χ3n) is 4.99. The molecule has 0 saturated carbocycles. The van der Waals surface area contributed by atoms with Crippen molar-refractivity contribution in [2.24, 2.45) is 0 Å². The van der Waals surface area contributed by atoms with Gasteiger partial charge in [-0.15, -0.1) is 0 Å². The van der Waals surface area contributed by atoms with Crippen molar-refractivity contribution >= 4 is 11.4 Å². The van der Waals surface area contributed by atoms with Gasteiger partial charge in [0.2, 0.25) is 0 Å². The maximum atomic E-state index is 13.1. The highest BCUT2D eigenvalue weighted by molar-refractivity contribution is 6.11. The fourth-order valence-electron chi connectivity index (χ4n) is 3.67. The third kappa shape index (κ3) is 3.67. The van der Waals surface area contributed by atoms with Crippen LogP contribution in [0, 0.1) is 0 Å². The van der Waals surface area contributed by atoms with Crippen molar-refractivity contribution in [3.8, 4) is 0 Å². The summed E-state index contributed by atoms with van der Waals surface area (Å²) in [4.78, 5) is 13.1. The minimum atomic E-state index is 0.00239. The van der Waals surface area contributed by atoms with Crippen molar-refractivity contribution in [3.63, 3.8) is 0 Å². The molecule has 0 bridgehead atoms. The Kier molecular flexibility index (Phi) is 5.63. The van der Waals surface area contributed by atoms with E-state index in [2.05, 4.69) is 43.3 Å². The number of carbonyl (C=O) groups is 1. The molecule has 1 aliphatic carbocycles. The summed E-state index contributed by atoms with van der Waals surface area (Å²) in [7, 11) is 0. The number of Topliss-reactive ketones (excluding diaryl/α,β-unsaturated/α-hetero) is 1. The van der Waals surface area contributed by atoms with Gasteiger partial charge in [-0.1, -0.05) is 86.8 Å². The molecule has 3 rings (SSSR count). The van der Waals surface area contributed by atoms with Crippen molar-refractivity contribution in [1.82, 2.24) is 0 Å². The minimum Gasteiger partial charge on any atom is -0.294 e. The monoisotopic (exact) mass is 318 g/mol. The second-order valence-corrected chi connectivity index (χ2v) is 6.67. The Morgan fingerprint density at radius 1 is 0.875 bits per heavy atom. The third-order valence-corrected chi connectivity index (χ3v) is 4.99. The van der Waals surface area contributed by atoms with E-state index in [1.54, 1.807) is 0 Å². The van der Waals surface area contributed by atoms with E-state index in [1.807, 2.05) is 24.3 Å². The molecule has 0 amide bonds. The van der Waals surface area contributed by atoms with Crippen LogP contribution in [0.15, 0.2) is 66.2 Å². The quantitative estimate of drug-likeness (QED) is 0.558. The minimum absolute atomic E-state index is 0.00239. The number of hydrogen-bond acceptors (Lipinski definition) is 1. The van der Waals surface area contributed by atoms with Crippen molar-refractivity contribution in [2.75, 3.05) is 0 Å². The second kappa shape index (κ2) is 8.10. The zero-order chi connectivity index (χ0) is 16.8. The fourth-order valence-corrected chi connectivity index (χ4v) is 3.67. The van der Waals surface area contributed by atoms with E-state index in [0.717, 1.165) is 30.4 Å². The van der Waals surface area contributed by atoms with Crippen LogP contribution in [0.1, 0.15) is 62.5 Å². The first-order valence-corrected chi connectivity index (χ1v) is 9.18. The Morgan fingerprint density at radius 3 is 2.21 bits per heavy atom. The van der Waals surface area contributed by atoms with Gasteiger partial charge in [0.1, 0.15) is 0 Å². The highest BCUT2D eigenvalue weighted by Crippen LogP contribution is 2.42. The predicted molar refractivity (Wildman–Crippen MR) is 101 cm³/mol. The van der Waals surface area contributed by atoms with Crippen LogP contribution in [-0.4, -0.2) is 5.78 Å². The van der Waals surface area contributed by atoms with E-state index in [4.69, 9.17) is 0 Å². The van der Waals surface area contributed by atoms with Crippen LogP contribution < -0.4 is 0 Å². The highest BCUT2D eigenvalue weighted by Gasteiger charge is 2.33. The van der Waals surface area contributed by atoms with Gasteiger partial charge in [-0.3, -0.25) is 4.79 Å². The van der Waals surface area contributed by atoms with Crippen LogP contribution in [0.3, 0.4) is 0 Å². The summed E-state index contributed by atoms with van der Waals surface area (Å²) in [5.74, 6) is 0.346. The lowest BCUT2D eigenvalue weighted by molar-refractivity contribution is -0.116. The zero-order valence-corrected chi connectivity index (χ0v) is 14.5. The van der Waals surface area contributed by atoms with Crippen molar-refractivity contribution in [3.05, 3.63) is 77.4 Å². The molecule has 0 aliphatic heterocycles. The molecule has 2 aromatic carbocycles. The molecule has 1 unspecified atom stereocenters. The molecular formula is C23H26O. The number of carbonyl (C=O) groups excluding carboxylic acids is 1. The van der Waals surface area contributed by atoms with Gasteiger partial charge in [0.05, 0.1) is 5.92 Å². The summed E-state index contributed by atoms with van der Waals surface area (Å²) in [5.41, 5.74) is 4.71. The lowest BCUT2D eigenvalue weighted by Gasteiger charge is -2.09. The molecule has 0 heterocycles. The molecule has 124 valence electrons. The first-order valence-electron chi connectivity index (χ1n) is 9.18. The summed E-state index contributed by atoms with van der Waals surface area (Å²) in [6.45, 7) is 2.22. The molecule has 0 spiro atoms. The normalized spacial score (nSPS) is 17.5. The standard InChI is InChI=1S/C23H26O/c1-2-3-4-11-16-20-21(18-12-7-5-8-13-18)17-22(23(20)24)19-14-9-6-10-15-19/h5-10,12-15,22H,2-4,11,16-17H2,1H3. The van der Waals surface area contributed by atoms with E-state index in [9.17, 15) is 4.79 Å². The summed E-state index contributed by atoms with van der Waals surface area (Å²) in [6.07, 6.45) is 6.58. The van der Waals surface area contributed by atoms with Gasteiger partial charge in [-0.2, -0.15) is 0 Å². The van der Waals surface area contributed by atoms with Gasteiger partial charge >= 0.3 is 0 Å². The second-order valence-electron chi connectivity index (χ2n) is 6.67. The largest absolute Gasteiger partial charge is 0.294 e. The number of hydrogen-bond donors (Lipinski definition) is 0. The van der Waals surface area contributed by atoms with E-state index in [0.29, 0.717) is 5.78 Å². The smallest absolute Gasteiger partial charge is 0.166 e. The lowest BCUT2D eigenvalue weighted by Crippen LogP contribution is -2.08. The van der Waals surface area contributed by atoms with Gasteiger partial charge in [0.25, 0.3) is 0 Å². The van der Waals surface area contributed by atoms with Gasteiger partial charge in [0, 0.05) is 0 Å². The number of benzene rings is 2. The number of unbranched alkanes of at least 4 members (excludes halogenated alkanes) is 3. The van der Waals surface area contributed by atoms with Gasteiger partial charge in [-0.25, -0.2) is 0 Å². The lowest BCUT2D eigenvalue weighted by atomic mass is 9.93. The molecule has 1 atom stereocenters. The summed E-state index contributed by atoms with van der Waals surface area (Å²) >= 11 is 0. The average Bonchev–Trinajstić information content (AvgIpc) is 2.97. The average molecular weight is 318 g/mol.